The molecule has 2 heterocycles. The Hall–Kier alpha value is -2.93. The molecule has 2 N–H and O–H groups in total. The topological polar surface area (TPSA) is 72.1 Å². The lowest BCUT2D eigenvalue weighted by molar-refractivity contribution is 0.161. The van der Waals surface area contributed by atoms with Crippen LogP contribution in [0.5, 0.6) is 17.2 Å². The van der Waals surface area contributed by atoms with Crippen molar-refractivity contribution in [3.63, 3.8) is 0 Å². The number of fused-ring (bicyclic) bond motifs is 1. The van der Waals surface area contributed by atoms with Crippen molar-refractivity contribution >= 4 is 11.7 Å². The molecule has 7 nitrogen and oxygen atoms in total. The van der Waals surface area contributed by atoms with Crippen LogP contribution in [0, 0.1) is 0 Å². The SMILES string of the molecule is COc1ccc([C@@H](CNC(=O)Nc2ccc3c(c2)OCO3)N2CCCCC2)cc1. The zero-order valence-corrected chi connectivity index (χ0v) is 16.6. The predicted molar refractivity (Wildman–Crippen MR) is 111 cm³/mol. The first kappa shape index (κ1) is 19.4. The lowest BCUT2D eigenvalue weighted by Gasteiger charge is -2.35. The smallest absolute Gasteiger partial charge is 0.319 e. The van der Waals surface area contributed by atoms with Crippen LogP contribution in [0.4, 0.5) is 10.5 Å². The maximum atomic E-state index is 12.5. The van der Waals surface area contributed by atoms with Gasteiger partial charge in [-0.25, -0.2) is 4.79 Å². The van der Waals surface area contributed by atoms with Crippen LogP contribution in [-0.2, 0) is 0 Å². The fraction of sp³-hybridized carbons (Fsp3) is 0.409. The second-order valence-electron chi connectivity index (χ2n) is 7.29. The van der Waals surface area contributed by atoms with Crippen molar-refractivity contribution in [1.29, 1.82) is 0 Å². The molecule has 0 bridgehead atoms. The number of carbonyl (C=O) groups is 1. The van der Waals surface area contributed by atoms with Gasteiger partial charge in [-0.1, -0.05) is 18.6 Å². The minimum Gasteiger partial charge on any atom is -0.497 e. The lowest BCUT2D eigenvalue weighted by Crippen LogP contribution is -2.41. The predicted octanol–water partition coefficient (Wildman–Crippen LogP) is 3.77. The number of likely N-dealkylation sites (tertiary alicyclic amines) is 1. The number of methoxy groups -OCH3 is 1. The first-order chi connectivity index (χ1) is 14.2. The van der Waals surface area contributed by atoms with Gasteiger partial charge in [-0.3, -0.25) is 4.90 Å². The van der Waals surface area contributed by atoms with Crippen molar-refractivity contribution in [2.75, 3.05) is 38.9 Å². The van der Waals surface area contributed by atoms with Gasteiger partial charge in [0, 0.05) is 18.3 Å². The van der Waals surface area contributed by atoms with E-state index in [2.05, 4.69) is 27.7 Å². The van der Waals surface area contributed by atoms with Gasteiger partial charge in [-0.2, -0.15) is 0 Å². The summed E-state index contributed by atoms with van der Waals surface area (Å²) in [6, 6.07) is 13.4. The van der Waals surface area contributed by atoms with E-state index in [9.17, 15) is 4.79 Å². The number of nitrogens with zero attached hydrogens (tertiary/aromatic N) is 1. The maximum Gasteiger partial charge on any atom is 0.319 e. The molecule has 2 aliphatic rings. The normalized spacial score (nSPS) is 16.9. The van der Waals surface area contributed by atoms with E-state index in [0.717, 1.165) is 18.8 Å². The van der Waals surface area contributed by atoms with E-state index in [1.54, 1.807) is 25.3 Å². The fourth-order valence-electron chi connectivity index (χ4n) is 3.85. The number of urea groups is 1. The first-order valence-electron chi connectivity index (χ1n) is 10.1. The fourth-order valence-corrected chi connectivity index (χ4v) is 3.85. The molecule has 2 aliphatic heterocycles. The Morgan fingerprint density at radius 3 is 2.59 bits per heavy atom. The summed E-state index contributed by atoms with van der Waals surface area (Å²) in [4.78, 5) is 14.9. The molecule has 1 atom stereocenters. The Morgan fingerprint density at radius 1 is 1.07 bits per heavy atom. The molecule has 0 unspecified atom stereocenters. The van der Waals surface area contributed by atoms with E-state index in [1.807, 2.05) is 12.1 Å². The number of hydrogen-bond acceptors (Lipinski definition) is 5. The molecule has 0 spiro atoms. The highest BCUT2D eigenvalue weighted by atomic mass is 16.7. The third-order valence-electron chi connectivity index (χ3n) is 5.42. The van der Waals surface area contributed by atoms with E-state index >= 15 is 0 Å². The molecule has 29 heavy (non-hydrogen) atoms. The Labute approximate surface area is 170 Å². The highest BCUT2D eigenvalue weighted by Crippen LogP contribution is 2.34. The number of amides is 2. The van der Waals surface area contributed by atoms with Crippen molar-refractivity contribution in [1.82, 2.24) is 10.2 Å². The standard InChI is InChI=1S/C22H27N3O4/c1-27-18-8-5-16(6-9-18)19(25-11-3-2-4-12-25)14-23-22(26)24-17-7-10-20-21(13-17)29-15-28-20/h5-10,13,19H,2-4,11-12,14-15H2,1H3,(H2,23,24,26)/t19-/m1/s1. The summed E-state index contributed by atoms with van der Waals surface area (Å²) < 4.78 is 15.9. The Balaban J connectivity index is 1.40. The minimum atomic E-state index is -0.237. The third-order valence-corrected chi connectivity index (χ3v) is 5.42. The molecule has 1 fully saturated rings. The number of anilines is 1. The summed E-state index contributed by atoms with van der Waals surface area (Å²) in [6.45, 7) is 2.83. The van der Waals surface area contributed by atoms with Crippen LogP contribution in [-0.4, -0.2) is 44.5 Å². The first-order valence-corrected chi connectivity index (χ1v) is 10.1. The summed E-state index contributed by atoms with van der Waals surface area (Å²) in [5.74, 6) is 2.17. The Bertz CT molecular complexity index is 834. The summed E-state index contributed by atoms with van der Waals surface area (Å²) >= 11 is 0. The van der Waals surface area contributed by atoms with Crippen molar-refractivity contribution < 1.29 is 19.0 Å². The van der Waals surface area contributed by atoms with Crippen molar-refractivity contribution in [3.05, 3.63) is 48.0 Å². The largest absolute Gasteiger partial charge is 0.497 e. The van der Waals surface area contributed by atoms with Crippen LogP contribution in [0.15, 0.2) is 42.5 Å². The monoisotopic (exact) mass is 397 g/mol. The number of hydrogen-bond donors (Lipinski definition) is 2. The Morgan fingerprint density at radius 2 is 1.83 bits per heavy atom. The maximum absolute atomic E-state index is 12.5. The van der Waals surface area contributed by atoms with Gasteiger partial charge < -0.3 is 24.8 Å². The molecule has 0 aliphatic carbocycles. The highest BCUT2D eigenvalue weighted by molar-refractivity contribution is 5.89. The van der Waals surface area contributed by atoms with Crippen LogP contribution in [0.2, 0.25) is 0 Å². The molecule has 2 amide bonds. The summed E-state index contributed by atoms with van der Waals surface area (Å²) in [5, 5.41) is 5.90. The molecule has 0 aromatic heterocycles. The zero-order valence-electron chi connectivity index (χ0n) is 16.6. The lowest BCUT2D eigenvalue weighted by atomic mass is 10.0. The quantitative estimate of drug-likeness (QED) is 0.776. The Kier molecular flexibility index (Phi) is 6.05. The van der Waals surface area contributed by atoms with Gasteiger partial charge in [0.2, 0.25) is 6.79 Å². The second-order valence-corrected chi connectivity index (χ2v) is 7.29. The van der Waals surface area contributed by atoms with Gasteiger partial charge in [0.15, 0.2) is 11.5 Å². The van der Waals surface area contributed by atoms with E-state index in [4.69, 9.17) is 14.2 Å². The molecule has 4 rings (SSSR count). The molecular weight excluding hydrogens is 370 g/mol. The van der Waals surface area contributed by atoms with Crippen molar-refractivity contribution in [3.8, 4) is 17.2 Å². The average molecular weight is 397 g/mol. The van der Waals surface area contributed by atoms with Gasteiger partial charge in [0.1, 0.15) is 5.75 Å². The van der Waals surface area contributed by atoms with Crippen LogP contribution in [0.3, 0.4) is 0 Å². The van der Waals surface area contributed by atoms with E-state index < -0.39 is 0 Å². The van der Waals surface area contributed by atoms with Gasteiger partial charge in [-0.05, 0) is 55.8 Å². The number of benzene rings is 2. The number of piperidine rings is 1. The molecule has 154 valence electrons. The van der Waals surface area contributed by atoms with Crippen LogP contribution < -0.4 is 24.8 Å². The molecule has 0 radical (unpaired) electrons. The van der Waals surface area contributed by atoms with E-state index in [1.165, 1.54) is 24.8 Å². The average Bonchev–Trinajstić information content (AvgIpc) is 3.23. The molecule has 2 aromatic carbocycles. The van der Waals surface area contributed by atoms with Crippen molar-refractivity contribution in [2.24, 2.45) is 0 Å². The number of carbonyl (C=O) groups excluding carboxylic acids is 1. The van der Waals surface area contributed by atoms with Gasteiger partial charge in [0.05, 0.1) is 13.2 Å². The molecule has 2 aromatic rings. The van der Waals surface area contributed by atoms with Crippen molar-refractivity contribution in [2.45, 2.75) is 25.3 Å². The second kappa shape index (κ2) is 9.05. The highest BCUT2D eigenvalue weighted by Gasteiger charge is 2.23. The summed E-state index contributed by atoms with van der Waals surface area (Å²) in [6.07, 6.45) is 3.65. The number of rotatable bonds is 6. The third kappa shape index (κ3) is 4.74. The molecule has 1 saturated heterocycles. The molecule has 0 saturated carbocycles. The van der Waals surface area contributed by atoms with Gasteiger partial charge in [-0.15, -0.1) is 0 Å². The van der Waals surface area contributed by atoms with E-state index in [-0.39, 0.29) is 18.9 Å². The molecular formula is C22H27N3O4. The number of nitrogens with one attached hydrogen (secondary N) is 2. The minimum absolute atomic E-state index is 0.128. The van der Waals surface area contributed by atoms with Crippen LogP contribution in [0.25, 0.3) is 0 Å². The molecule has 7 heteroatoms. The number of ether oxygens (including phenoxy) is 3. The van der Waals surface area contributed by atoms with E-state index in [0.29, 0.717) is 23.7 Å². The summed E-state index contributed by atoms with van der Waals surface area (Å²) in [5.41, 5.74) is 1.85. The van der Waals surface area contributed by atoms with Gasteiger partial charge in [0.25, 0.3) is 0 Å². The van der Waals surface area contributed by atoms with Gasteiger partial charge >= 0.3 is 6.03 Å². The van der Waals surface area contributed by atoms with Crippen LogP contribution >= 0.6 is 0 Å². The van der Waals surface area contributed by atoms with Crippen LogP contribution in [0.1, 0.15) is 30.9 Å². The summed E-state index contributed by atoms with van der Waals surface area (Å²) in [7, 11) is 1.67. The zero-order chi connectivity index (χ0) is 20.1.